The van der Waals surface area contributed by atoms with Crippen molar-refractivity contribution in [3.05, 3.63) is 86.9 Å². The summed E-state index contributed by atoms with van der Waals surface area (Å²) in [6.45, 7) is 0. The number of pyridine rings is 1. The summed E-state index contributed by atoms with van der Waals surface area (Å²) in [6, 6.07) is 18.0. The molecule has 0 saturated carbocycles. The van der Waals surface area contributed by atoms with Crippen LogP contribution in [0.15, 0.2) is 71.3 Å². The lowest BCUT2D eigenvalue weighted by Gasteiger charge is -2.08. The highest BCUT2D eigenvalue weighted by Gasteiger charge is 2.17. The lowest BCUT2D eigenvalue weighted by molar-refractivity contribution is 0.102. The van der Waals surface area contributed by atoms with Gasteiger partial charge in [-0.3, -0.25) is 9.20 Å². The number of halogens is 3. The molecule has 0 atom stereocenters. The van der Waals surface area contributed by atoms with Gasteiger partial charge in [-0.2, -0.15) is 0 Å². The zero-order valence-electron chi connectivity index (χ0n) is 13.8. The van der Waals surface area contributed by atoms with Crippen LogP contribution in [0.1, 0.15) is 10.4 Å². The Labute approximate surface area is 173 Å². The van der Waals surface area contributed by atoms with Gasteiger partial charge in [0.15, 0.2) is 0 Å². The van der Waals surface area contributed by atoms with Crippen LogP contribution in [0.5, 0.6) is 0 Å². The number of carbonyl (C=O) groups excluding carboxylic acids is 1. The molecule has 0 unspecified atom stereocenters. The molecule has 0 radical (unpaired) electrons. The van der Waals surface area contributed by atoms with Crippen LogP contribution in [0, 0.1) is 0 Å². The predicted octanol–water partition coefficient (Wildman–Crippen LogP) is 6.32. The first kappa shape index (κ1) is 18.0. The standard InChI is InChI=1S/C20H12BrCl2N3O/c21-14-5-1-13(2-6-14)20(27)25-19-18(12-3-7-15(22)8-4-12)24-17-10-9-16(23)11-26(17)19/h1-11H,(H,25,27). The highest BCUT2D eigenvalue weighted by Crippen LogP contribution is 2.31. The second-order valence-electron chi connectivity index (χ2n) is 5.85. The number of rotatable bonds is 3. The van der Waals surface area contributed by atoms with Crippen LogP contribution in [0.25, 0.3) is 16.9 Å². The number of benzene rings is 2. The van der Waals surface area contributed by atoms with E-state index in [4.69, 9.17) is 23.2 Å². The summed E-state index contributed by atoms with van der Waals surface area (Å²) >= 11 is 15.5. The average molecular weight is 461 g/mol. The molecule has 0 aliphatic rings. The van der Waals surface area contributed by atoms with Crippen molar-refractivity contribution in [2.24, 2.45) is 0 Å². The van der Waals surface area contributed by atoms with Crippen molar-refractivity contribution < 1.29 is 4.79 Å². The smallest absolute Gasteiger partial charge is 0.256 e. The normalized spacial score (nSPS) is 10.9. The summed E-state index contributed by atoms with van der Waals surface area (Å²) in [5.74, 6) is 0.308. The van der Waals surface area contributed by atoms with Crippen molar-refractivity contribution in [2.45, 2.75) is 0 Å². The monoisotopic (exact) mass is 459 g/mol. The molecule has 4 rings (SSSR count). The number of aromatic nitrogens is 2. The molecule has 0 bridgehead atoms. The van der Waals surface area contributed by atoms with Gasteiger partial charge >= 0.3 is 0 Å². The molecule has 4 aromatic rings. The summed E-state index contributed by atoms with van der Waals surface area (Å²) in [5, 5.41) is 4.14. The second-order valence-corrected chi connectivity index (χ2v) is 7.64. The summed E-state index contributed by atoms with van der Waals surface area (Å²) in [4.78, 5) is 17.4. The fourth-order valence-corrected chi connectivity index (χ4v) is 3.28. The molecule has 0 fully saturated rings. The molecule has 1 N–H and O–H groups in total. The molecule has 2 heterocycles. The Morgan fingerprint density at radius 2 is 1.59 bits per heavy atom. The molecule has 2 aromatic carbocycles. The fraction of sp³-hybridized carbons (Fsp3) is 0. The van der Waals surface area contributed by atoms with Crippen molar-refractivity contribution in [1.82, 2.24) is 9.38 Å². The van der Waals surface area contributed by atoms with E-state index in [0.717, 1.165) is 10.0 Å². The predicted molar refractivity (Wildman–Crippen MR) is 113 cm³/mol. The highest BCUT2D eigenvalue weighted by molar-refractivity contribution is 9.10. The number of nitrogens with zero attached hydrogens (tertiary/aromatic N) is 2. The van der Waals surface area contributed by atoms with Crippen LogP contribution in [0.4, 0.5) is 5.82 Å². The van der Waals surface area contributed by atoms with E-state index in [2.05, 4.69) is 26.2 Å². The average Bonchev–Trinajstić information content (AvgIpc) is 3.00. The third-order valence-electron chi connectivity index (χ3n) is 4.04. The Bertz CT molecular complexity index is 1140. The maximum atomic E-state index is 12.8. The molecule has 7 heteroatoms. The van der Waals surface area contributed by atoms with Crippen LogP contribution in [0.3, 0.4) is 0 Å². The molecule has 27 heavy (non-hydrogen) atoms. The minimum absolute atomic E-state index is 0.237. The number of hydrogen-bond donors (Lipinski definition) is 1. The molecule has 1 amide bonds. The van der Waals surface area contributed by atoms with E-state index in [9.17, 15) is 4.79 Å². The third kappa shape index (κ3) is 3.72. The van der Waals surface area contributed by atoms with E-state index in [1.54, 1.807) is 47.0 Å². The molecular formula is C20H12BrCl2N3O. The van der Waals surface area contributed by atoms with Gasteiger partial charge in [-0.05, 0) is 48.5 Å². The maximum Gasteiger partial charge on any atom is 0.256 e. The molecule has 4 nitrogen and oxygen atoms in total. The summed E-state index contributed by atoms with van der Waals surface area (Å²) in [5.41, 5.74) is 2.69. The van der Waals surface area contributed by atoms with Crippen molar-refractivity contribution >= 4 is 56.5 Å². The summed E-state index contributed by atoms with van der Waals surface area (Å²) < 4.78 is 2.67. The van der Waals surface area contributed by atoms with Gasteiger partial charge in [-0.1, -0.05) is 51.3 Å². The van der Waals surface area contributed by atoms with E-state index in [0.29, 0.717) is 32.8 Å². The van der Waals surface area contributed by atoms with E-state index in [-0.39, 0.29) is 5.91 Å². The highest BCUT2D eigenvalue weighted by atomic mass is 79.9. The SMILES string of the molecule is O=C(Nc1c(-c2ccc(Cl)cc2)nc2ccc(Cl)cn12)c1ccc(Br)cc1. The first-order valence-corrected chi connectivity index (χ1v) is 9.56. The number of carbonyl (C=O) groups is 1. The second kappa shape index (κ2) is 7.35. The number of fused-ring (bicyclic) bond motifs is 1. The summed E-state index contributed by atoms with van der Waals surface area (Å²) in [6.07, 6.45) is 1.72. The Kier molecular flexibility index (Phi) is 4.91. The van der Waals surface area contributed by atoms with Gasteiger partial charge in [0.2, 0.25) is 0 Å². The van der Waals surface area contributed by atoms with Crippen molar-refractivity contribution in [2.75, 3.05) is 5.32 Å². The van der Waals surface area contributed by atoms with Gasteiger partial charge in [-0.25, -0.2) is 4.98 Å². The molecular weight excluding hydrogens is 449 g/mol. The number of anilines is 1. The minimum Gasteiger partial charge on any atom is -0.306 e. The van der Waals surface area contributed by atoms with E-state index >= 15 is 0 Å². The molecule has 134 valence electrons. The molecule has 0 aliphatic carbocycles. The van der Waals surface area contributed by atoms with Gasteiger partial charge in [-0.15, -0.1) is 0 Å². The Balaban J connectivity index is 1.82. The lowest BCUT2D eigenvalue weighted by Crippen LogP contribution is -2.14. The molecule has 0 aliphatic heterocycles. The zero-order valence-corrected chi connectivity index (χ0v) is 16.9. The maximum absolute atomic E-state index is 12.8. The number of hydrogen-bond acceptors (Lipinski definition) is 2. The lowest BCUT2D eigenvalue weighted by atomic mass is 10.1. The van der Waals surface area contributed by atoms with Crippen LogP contribution in [-0.2, 0) is 0 Å². The van der Waals surface area contributed by atoms with Crippen LogP contribution in [-0.4, -0.2) is 15.3 Å². The van der Waals surface area contributed by atoms with Crippen LogP contribution in [0.2, 0.25) is 10.0 Å². The Morgan fingerprint density at radius 3 is 2.30 bits per heavy atom. The van der Waals surface area contributed by atoms with E-state index < -0.39 is 0 Å². The van der Waals surface area contributed by atoms with Crippen LogP contribution < -0.4 is 5.32 Å². The molecule has 0 spiro atoms. The van der Waals surface area contributed by atoms with Gasteiger partial charge in [0, 0.05) is 26.8 Å². The van der Waals surface area contributed by atoms with Gasteiger partial charge < -0.3 is 5.32 Å². The van der Waals surface area contributed by atoms with Crippen molar-refractivity contribution in [3.8, 4) is 11.3 Å². The van der Waals surface area contributed by atoms with E-state index in [1.807, 2.05) is 24.3 Å². The van der Waals surface area contributed by atoms with Gasteiger partial charge in [0.25, 0.3) is 5.91 Å². The number of amides is 1. The third-order valence-corrected chi connectivity index (χ3v) is 5.04. The zero-order chi connectivity index (χ0) is 19.0. The number of nitrogens with one attached hydrogen (secondary N) is 1. The van der Waals surface area contributed by atoms with Crippen LogP contribution >= 0.6 is 39.1 Å². The molecule has 2 aromatic heterocycles. The van der Waals surface area contributed by atoms with Gasteiger partial charge in [0.05, 0.1) is 5.02 Å². The topological polar surface area (TPSA) is 46.4 Å². The first-order chi connectivity index (χ1) is 13.0. The quantitative estimate of drug-likeness (QED) is 0.388. The summed E-state index contributed by atoms with van der Waals surface area (Å²) in [7, 11) is 0. The fourth-order valence-electron chi connectivity index (χ4n) is 2.73. The van der Waals surface area contributed by atoms with Crippen molar-refractivity contribution in [1.29, 1.82) is 0 Å². The first-order valence-electron chi connectivity index (χ1n) is 8.02. The number of imidazole rings is 1. The van der Waals surface area contributed by atoms with Gasteiger partial charge in [0.1, 0.15) is 17.2 Å². The Hall–Kier alpha value is -2.34. The van der Waals surface area contributed by atoms with E-state index in [1.165, 1.54) is 0 Å². The minimum atomic E-state index is -0.237. The molecule has 0 saturated heterocycles. The largest absolute Gasteiger partial charge is 0.306 e. The Morgan fingerprint density at radius 1 is 0.926 bits per heavy atom. The van der Waals surface area contributed by atoms with Crippen molar-refractivity contribution in [3.63, 3.8) is 0 Å².